The summed E-state index contributed by atoms with van der Waals surface area (Å²) in [6, 6.07) is 26.0. The normalized spacial score (nSPS) is 20.1. The van der Waals surface area contributed by atoms with Crippen molar-refractivity contribution >= 4 is 86.1 Å². The van der Waals surface area contributed by atoms with E-state index >= 15 is 0 Å². The van der Waals surface area contributed by atoms with E-state index in [9.17, 15) is 0 Å². The zero-order chi connectivity index (χ0) is 64.0. The van der Waals surface area contributed by atoms with Gasteiger partial charge < -0.3 is 15.0 Å². The van der Waals surface area contributed by atoms with Gasteiger partial charge in [-0.2, -0.15) is 18.2 Å². The summed E-state index contributed by atoms with van der Waals surface area (Å²) >= 11 is -0.160. The molecule has 0 bridgehead atoms. The van der Waals surface area contributed by atoms with Gasteiger partial charge in [0.1, 0.15) is 0 Å². The van der Waals surface area contributed by atoms with Crippen LogP contribution in [0.15, 0.2) is 105 Å². The van der Waals surface area contributed by atoms with Gasteiger partial charge in [-0.1, -0.05) is 146 Å². The number of benzene rings is 3. The summed E-state index contributed by atoms with van der Waals surface area (Å²) in [5, 5.41) is 4.00. The summed E-state index contributed by atoms with van der Waals surface area (Å²) in [5.41, 5.74) is 13.6. The predicted octanol–water partition coefficient (Wildman–Crippen LogP) is 20.9. The number of nitrogens with one attached hydrogen (secondary N) is 3. The van der Waals surface area contributed by atoms with Crippen molar-refractivity contribution < 1.29 is 32.7 Å². The van der Waals surface area contributed by atoms with Crippen LogP contribution in [0.4, 0.5) is 0 Å². The van der Waals surface area contributed by atoms with Crippen LogP contribution in [0.2, 0.25) is 9.88 Å². The van der Waals surface area contributed by atoms with Gasteiger partial charge in [0.2, 0.25) is 0 Å². The van der Waals surface area contributed by atoms with E-state index < -0.39 is 0 Å². The minimum atomic E-state index is -0.0801. The number of rotatable bonds is 4. The Hall–Kier alpha value is -2.22. The maximum atomic E-state index is 3.33. The molecule has 0 amide bonds. The van der Waals surface area contributed by atoms with Crippen LogP contribution in [-0.2, 0) is 32.7 Å². The fourth-order valence-corrected chi connectivity index (χ4v) is 16.8. The van der Waals surface area contributed by atoms with E-state index in [1.165, 1.54) is 183 Å². The maximum absolute atomic E-state index is 3.33. The third kappa shape index (κ3) is 25.0. The van der Waals surface area contributed by atoms with E-state index in [1.54, 1.807) is 11.1 Å². The predicted molar refractivity (Wildman–Crippen MR) is 391 cm³/mol. The molecule has 7 nitrogen and oxygen atoms in total. The molecule has 4 fully saturated rings. The molecule has 481 valence electrons. The molecule has 0 spiro atoms. The summed E-state index contributed by atoms with van der Waals surface area (Å²) in [5.74, 6) is 0. The Labute approximate surface area is 581 Å². The molecule has 87 heavy (non-hydrogen) atoms. The molecule has 4 unspecified atom stereocenters. The smallest absolute Gasteiger partial charge is 0 e. The molecule has 3 N–H and O–H groups in total. The third-order valence-electron chi connectivity index (χ3n) is 16.9. The Morgan fingerprint density at radius 3 is 1.37 bits per heavy atom. The molecule has 4 atom stereocenters. The second-order valence-electron chi connectivity index (χ2n) is 21.2. The summed E-state index contributed by atoms with van der Waals surface area (Å²) in [7, 11) is 0. The van der Waals surface area contributed by atoms with Gasteiger partial charge in [0, 0.05) is 92.1 Å². The standard InChI is InChI=1S/2C17H20N2.C9H8N.2C8H12N.8C2H6.2CH3.2Sn.Y/c2*1-12-11-18-17-5-4-13(10-16(12)17)14-6-8-19-7-2-3-15(19)9-14;1-7-6-10-9-5-3-2-4-8(7)9;2*1-2-6-9-7-3-5-8(9)4-1;8*1-2;;;;;/h4-5,9-11,15,18H,2-3,6-8H2,1H3;4-6,10-11,15,18H,2-3,7-9H2,1H3;3-6,10H,1H3;4,8H,2-3,5-7H2;2,8H,3-7H2;8*1-2H3;2*1H3;;;/q;;-1;;;;;;;;;;;;;;;. The largest absolute Gasteiger partial charge is 0 e. The Morgan fingerprint density at radius 1 is 0.437 bits per heavy atom. The molecule has 6 aromatic rings. The number of aromatic amines is 3. The van der Waals surface area contributed by atoms with Gasteiger partial charge in [0.25, 0.3) is 0 Å². The van der Waals surface area contributed by atoms with Crippen LogP contribution in [0.25, 0.3) is 43.9 Å². The van der Waals surface area contributed by atoms with Crippen LogP contribution < -0.4 is 0 Å². The average molecular weight is 1480 g/mol. The van der Waals surface area contributed by atoms with Crippen molar-refractivity contribution in [3.8, 4) is 0 Å². The SMILES string of the molecule is CC.CC.CC.CC.CC.CC.CC.CC.Cc1c[nH]c2cc[c-]cc12.Cc1c[nH]c2ccc(C3=CC4CCCN4CC3)cc12.Cc1c[nH]c2ccc(C3=CCN4CCCC4C3)cc12.[CH3][Sn][C]1=CC2CCCN2CC1.[CH3][Sn][C]1=CCN2CCCC2C1.[Y]. The van der Waals surface area contributed by atoms with E-state index in [2.05, 4.69) is 144 Å². The Balaban J connectivity index is 0.000000522. The summed E-state index contributed by atoms with van der Waals surface area (Å²) < 4.78 is 3.72. The molecule has 5 radical (unpaired) electrons. The number of hydrogen-bond donors (Lipinski definition) is 3. The summed E-state index contributed by atoms with van der Waals surface area (Å²) in [6.07, 6.45) is 32.8. The Morgan fingerprint density at radius 2 is 0.862 bits per heavy atom. The molecule has 0 aliphatic carbocycles. The van der Waals surface area contributed by atoms with Crippen LogP contribution in [0.5, 0.6) is 0 Å². The molecule has 8 aliphatic rings. The first-order valence-corrected chi connectivity index (χ1v) is 43.6. The van der Waals surface area contributed by atoms with E-state index in [0.717, 1.165) is 24.7 Å². The summed E-state index contributed by atoms with van der Waals surface area (Å²) in [4.78, 5) is 25.3. The molecule has 8 aliphatic heterocycles. The van der Waals surface area contributed by atoms with Crippen LogP contribution in [0.1, 0.15) is 216 Å². The molecule has 3 aromatic carbocycles. The molecule has 4 saturated heterocycles. The number of aromatic nitrogens is 3. The molecule has 0 saturated carbocycles. The van der Waals surface area contributed by atoms with Crippen molar-refractivity contribution in [2.24, 2.45) is 0 Å². The van der Waals surface area contributed by atoms with E-state index in [4.69, 9.17) is 0 Å². The van der Waals surface area contributed by atoms with Crippen molar-refractivity contribution in [1.29, 1.82) is 0 Å². The number of aryl methyl sites for hydroxylation is 3. The Kier molecular flexibility index (Phi) is 46.2. The van der Waals surface area contributed by atoms with Crippen LogP contribution in [0.3, 0.4) is 0 Å². The van der Waals surface area contributed by atoms with Gasteiger partial charge in [-0.05, 0) is 136 Å². The second-order valence-corrected chi connectivity index (χ2v) is 27.8. The monoisotopic (exact) mass is 1480 g/mol. The first-order valence-electron chi connectivity index (χ1n) is 35.0. The van der Waals surface area contributed by atoms with Crippen LogP contribution in [-0.4, -0.2) is 153 Å². The minimum Gasteiger partial charge on any atom is 0 e. The molecule has 10 heteroatoms. The first-order chi connectivity index (χ1) is 42.3. The van der Waals surface area contributed by atoms with E-state index in [0.29, 0.717) is 6.04 Å². The van der Waals surface area contributed by atoms with Crippen LogP contribution >= 0.6 is 0 Å². The van der Waals surface area contributed by atoms with Gasteiger partial charge in [-0.15, -0.1) is 11.5 Å². The fraction of sp³-hybridized carbons (Fsp3) is 0.584. The molecule has 14 rings (SSSR count). The number of H-pyrrole nitrogens is 3. The number of fused-ring (bicyclic) bond motifs is 7. The molecule has 11 heterocycles. The fourth-order valence-electron chi connectivity index (χ4n) is 12.6. The van der Waals surface area contributed by atoms with Gasteiger partial charge >= 0.3 is 158 Å². The first kappa shape index (κ1) is 82.8. The topological polar surface area (TPSA) is 60.3 Å². The number of hydrogen-bond acceptors (Lipinski definition) is 4. The quantitative estimate of drug-likeness (QED) is 0.122. The average Bonchev–Trinajstić information content (AvgIpc) is 3.09. The van der Waals surface area contributed by atoms with E-state index in [1.807, 2.05) is 142 Å². The zero-order valence-electron chi connectivity index (χ0n) is 59.6. The van der Waals surface area contributed by atoms with Crippen LogP contribution in [0, 0.1) is 26.8 Å². The van der Waals surface area contributed by atoms with Crippen molar-refractivity contribution in [1.82, 2.24) is 34.6 Å². The minimum absolute atomic E-state index is 0. The van der Waals surface area contributed by atoms with Gasteiger partial charge in [-0.25, -0.2) is 0 Å². The van der Waals surface area contributed by atoms with Gasteiger partial charge in [0.05, 0.1) is 0 Å². The molecular weight excluding hydrogens is 1350 g/mol. The molecule has 3 aromatic heterocycles. The van der Waals surface area contributed by atoms with Gasteiger partial charge in [0.15, 0.2) is 0 Å². The molecular formula is C77H126N7Sn2Y-. The van der Waals surface area contributed by atoms with Crippen molar-refractivity contribution in [3.05, 3.63) is 139 Å². The summed E-state index contributed by atoms with van der Waals surface area (Å²) in [6.45, 7) is 48.8. The van der Waals surface area contributed by atoms with Crippen molar-refractivity contribution in [3.63, 3.8) is 0 Å². The zero-order valence-corrected chi connectivity index (χ0v) is 68.1. The Bertz CT molecular complexity index is 2850. The maximum Gasteiger partial charge on any atom is 0 e. The third-order valence-corrected chi connectivity index (χ3v) is 22.9. The van der Waals surface area contributed by atoms with Gasteiger partial charge in [-0.3, -0.25) is 9.80 Å². The number of nitrogens with zero attached hydrogens (tertiary/aromatic N) is 4. The second kappa shape index (κ2) is 48.5. The van der Waals surface area contributed by atoms with E-state index in [-0.39, 0.29) is 75.0 Å². The van der Waals surface area contributed by atoms with Crippen molar-refractivity contribution in [2.75, 3.05) is 52.4 Å². The van der Waals surface area contributed by atoms with Crippen molar-refractivity contribution in [2.45, 2.75) is 243 Å².